The second-order valence-corrected chi connectivity index (χ2v) is 7.30. The molecular formula is C23H27OP. The van der Waals surface area contributed by atoms with Crippen molar-refractivity contribution >= 4 is 8.46 Å². The molecule has 0 saturated carbocycles. The Bertz CT molecular complexity index is 740. The summed E-state index contributed by atoms with van der Waals surface area (Å²) in [6.45, 7) is 6.24. The Labute approximate surface area is 153 Å². The fourth-order valence-corrected chi connectivity index (χ4v) is 3.70. The highest BCUT2D eigenvalue weighted by Crippen LogP contribution is 2.39. The molecule has 0 N–H and O–H groups in total. The number of benzene rings is 2. The highest BCUT2D eigenvalue weighted by Gasteiger charge is 2.29. The summed E-state index contributed by atoms with van der Waals surface area (Å²) in [5, 5.41) is -0.274. The molecule has 2 aromatic rings. The molecule has 0 spiro atoms. The third kappa shape index (κ3) is 4.77. The maximum atomic E-state index is 11.9. The van der Waals surface area contributed by atoms with Gasteiger partial charge in [0.2, 0.25) is 0 Å². The molecule has 0 saturated heterocycles. The van der Waals surface area contributed by atoms with Crippen LogP contribution < -0.4 is 0 Å². The molecular weight excluding hydrogens is 323 g/mol. The van der Waals surface area contributed by atoms with Gasteiger partial charge in [-0.15, -0.1) is 0 Å². The van der Waals surface area contributed by atoms with Gasteiger partial charge in [-0.05, 0) is 48.4 Å². The van der Waals surface area contributed by atoms with Crippen LogP contribution in [0.4, 0.5) is 0 Å². The minimum absolute atomic E-state index is 0.207. The van der Waals surface area contributed by atoms with Gasteiger partial charge < -0.3 is 0 Å². The number of rotatable bonds is 8. The molecule has 0 radical (unpaired) electrons. The Morgan fingerprint density at radius 1 is 1.00 bits per heavy atom. The average Bonchev–Trinajstić information content (AvgIpc) is 2.68. The lowest BCUT2D eigenvalue weighted by Crippen LogP contribution is -2.21. The van der Waals surface area contributed by atoms with Crippen LogP contribution in [-0.4, -0.2) is 5.16 Å². The van der Waals surface area contributed by atoms with E-state index in [-0.39, 0.29) is 13.6 Å². The lowest BCUT2D eigenvalue weighted by Gasteiger charge is -2.25. The molecule has 0 unspecified atom stereocenters. The zero-order valence-electron chi connectivity index (χ0n) is 15.4. The van der Waals surface area contributed by atoms with Crippen LogP contribution in [0.5, 0.6) is 0 Å². The number of allylic oxidation sites excluding steroid dienone is 4. The zero-order valence-corrected chi connectivity index (χ0v) is 16.3. The molecule has 25 heavy (non-hydrogen) atoms. The molecule has 0 amide bonds. The van der Waals surface area contributed by atoms with E-state index in [4.69, 9.17) is 0 Å². The van der Waals surface area contributed by atoms with E-state index in [0.717, 1.165) is 19.3 Å². The van der Waals surface area contributed by atoms with Gasteiger partial charge in [0.25, 0.3) is 0 Å². The van der Waals surface area contributed by atoms with E-state index in [1.807, 2.05) is 19.1 Å². The molecule has 2 aromatic carbocycles. The minimum atomic E-state index is -0.274. The molecule has 0 fully saturated rings. The Morgan fingerprint density at radius 3 is 2.28 bits per heavy atom. The van der Waals surface area contributed by atoms with Crippen molar-refractivity contribution < 1.29 is 4.57 Å². The summed E-state index contributed by atoms with van der Waals surface area (Å²) >= 11 is 0. The van der Waals surface area contributed by atoms with Gasteiger partial charge in [0.15, 0.2) is 8.46 Å². The SMILES string of the molecule is CC=CC(=CCc1cccc(-c2ccccc2)c1)C(CC)(CC)P=O. The van der Waals surface area contributed by atoms with Crippen LogP contribution in [0.3, 0.4) is 0 Å². The second kappa shape index (κ2) is 9.49. The van der Waals surface area contributed by atoms with E-state index >= 15 is 0 Å². The van der Waals surface area contributed by atoms with Gasteiger partial charge in [0, 0.05) is 0 Å². The minimum Gasteiger partial charge on any atom is -0.274 e. The van der Waals surface area contributed by atoms with Crippen molar-refractivity contribution in [2.75, 3.05) is 0 Å². The first-order valence-corrected chi connectivity index (χ1v) is 9.82. The van der Waals surface area contributed by atoms with E-state index in [1.165, 1.54) is 22.3 Å². The molecule has 0 heterocycles. The predicted octanol–water partition coefficient (Wildman–Crippen LogP) is 7.25. The van der Waals surface area contributed by atoms with Crippen LogP contribution in [0.15, 0.2) is 78.4 Å². The van der Waals surface area contributed by atoms with Crippen molar-refractivity contribution in [2.24, 2.45) is 0 Å². The third-order valence-corrected chi connectivity index (χ3v) is 6.06. The summed E-state index contributed by atoms with van der Waals surface area (Å²) in [6, 6.07) is 19.1. The van der Waals surface area contributed by atoms with Crippen LogP contribution in [0.25, 0.3) is 11.1 Å². The van der Waals surface area contributed by atoms with E-state index in [1.54, 1.807) is 0 Å². The first kappa shape index (κ1) is 19.3. The van der Waals surface area contributed by atoms with Crippen molar-refractivity contribution in [3.05, 3.63) is 84.0 Å². The van der Waals surface area contributed by atoms with E-state index < -0.39 is 0 Å². The Kier molecular flexibility index (Phi) is 7.34. The van der Waals surface area contributed by atoms with Gasteiger partial charge in [0.05, 0.1) is 5.16 Å². The van der Waals surface area contributed by atoms with E-state index in [2.05, 4.69) is 74.5 Å². The van der Waals surface area contributed by atoms with Crippen molar-refractivity contribution in [1.29, 1.82) is 0 Å². The maximum Gasteiger partial charge on any atom is 0.166 e. The highest BCUT2D eigenvalue weighted by atomic mass is 31.1. The smallest absolute Gasteiger partial charge is 0.166 e. The standard InChI is InChI=1S/C23H27OP/c1-4-11-22(23(5-2,6-3)25-24)17-16-19-12-10-15-21(18-19)20-13-8-7-9-14-20/h4,7-15,17-18H,5-6,16H2,1-3H3. The molecule has 0 atom stereocenters. The summed E-state index contributed by atoms with van der Waals surface area (Å²) < 4.78 is 11.9. The van der Waals surface area contributed by atoms with Gasteiger partial charge in [-0.25, -0.2) is 0 Å². The van der Waals surface area contributed by atoms with Crippen molar-refractivity contribution in [3.63, 3.8) is 0 Å². The molecule has 0 aliphatic carbocycles. The third-order valence-electron chi connectivity index (χ3n) is 4.82. The fourth-order valence-electron chi connectivity index (χ4n) is 3.17. The van der Waals surface area contributed by atoms with Crippen LogP contribution in [0, 0.1) is 0 Å². The number of hydrogen-bond donors (Lipinski definition) is 0. The molecule has 2 heteroatoms. The van der Waals surface area contributed by atoms with Crippen LogP contribution in [0.2, 0.25) is 0 Å². The van der Waals surface area contributed by atoms with Gasteiger partial charge in [0.1, 0.15) is 0 Å². The van der Waals surface area contributed by atoms with Gasteiger partial charge in [-0.3, -0.25) is 4.57 Å². The van der Waals surface area contributed by atoms with Crippen molar-refractivity contribution in [1.82, 2.24) is 0 Å². The molecule has 0 aliphatic heterocycles. The number of hydrogen-bond acceptors (Lipinski definition) is 1. The summed E-state index contributed by atoms with van der Waals surface area (Å²) in [6.07, 6.45) is 8.97. The Hall–Kier alpha value is -1.98. The zero-order chi connectivity index (χ0) is 18.1. The summed E-state index contributed by atoms with van der Waals surface area (Å²) in [7, 11) is 0.207. The fraction of sp³-hybridized carbons (Fsp3) is 0.304. The van der Waals surface area contributed by atoms with Crippen molar-refractivity contribution in [3.8, 4) is 11.1 Å². The van der Waals surface area contributed by atoms with Gasteiger partial charge in [-0.1, -0.05) is 86.7 Å². The van der Waals surface area contributed by atoms with Gasteiger partial charge in [-0.2, -0.15) is 0 Å². The van der Waals surface area contributed by atoms with Crippen LogP contribution in [0.1, 0.15) is 39.2 Å². The predicted molar refractivity (Wildman–Crippen MR) is 109 cm³/mol. The second-order valence-electron chi connectivity index (χ2n) is 6.26. The summed E-state index contributed by atoms with van der Waals surface area (Å²) in [4.78, 5) is 0. The van der Waals surface area contributed by atoms with Crippen LogP contribution in [-0.2, 0) is 11.0 Å². The lowest BCUT2D eigenvalue weighted by atomic mass is 9.90. The van der Waals surface area contributed by atoms with Crippen molar-refractivity contribution in [2.45, 2.75) is 45.2 Å². The summed E-state index contributed by atoms with van der Waals surface area (Å²) in [5.74, 6) is 0. The molecule has 0 aromatic heterocycles. The monoisotopic (exact) mass is 350 g/mol. The topological polar surface area (TPSA) is 17.1 Å². The first-order chi connectivity index (χ1) is 12.2. The normalized spacial score (nSPS) is 12.8. The first-order valence-electron chi connectivity index (χ1n) is 9.01. The largest absolute Gasteiger partial charge is 0.274 e. The Morgan fingerprint density at radius 2 is 1.68 bits per heavy atom. The van der Waals surface area contributed by atoms with Crippen LogP contribution >= 0.6 is 8.46 Å². The quantitative estimate of drug-likeness (QED) is 0.362. The molecule has 2 rings (SSSR count). The highest BCUT2D eigenvalue weighted by molar-refractivity contribution is 7.26. The molecule has 0 aliphatic rings. The molecule has 130 valence electrons. The van der Waals surface area contributed by atoms with E-state index in [0.29, 0.717) is 0 Å². The maximum absolute atomic E-state index is 11.9. The van der Waals surface area contributed by atoms with Gasteiger partial charge >= 0.3 is 0 Å². The lowest BCUT2D eigenvalue weighted by molar-refractivity contribution is 0.551. The molecule has 1 nitrogen and oxygen atoms in total. The average molecular weight is 350 g/mol. The Balaban J connectivity index is 2.31. The summed E-state index contributed by atoms with van der Waals surface area (Å²) in [5.41, 5.74) is 4.91. The molecule has 0 bridgehead atoms. The van der Waals surface area contributed by atoms with E-state index in [9.17, 15) is 4.57 Å².